The van der Waals surface area contributed by atoms with Crippen LogP contribution in [0.2, 0.25) is 0 Å². The second kappa shape index (κ2) is 9.20. The zero-order valence-electron chi connectivity index (χ0n) is 18.8. The summed E-state index contributed by atoms with van der Waals surface area (Å²) in [4.78, 5) is 2.37. The molecule has 2 aromatic carbocycles. The quantitative estimate of drug-likeness (QED) is 0.530. The number of primary sulfonamides is 1. The SMILES string of the molecule is NS(=O)(=O)c1cnn(CCc2cc3c(cc2F)CC(CN2CCC2)C3Cc2cccc(F)c2)c1. The van der Waals surface area contributed by atoms with Crippen molar-refractivity contribution in [3.8, 4) is 0 Å². The third-order valence-corrected chi connectivity index (χ3v) is 7.96. The first-order valence-electron chi connectivity index (χ1n) is 11.6. The first-order valence-corrected chi connectivity index (χ1v) is 13.1. The second-order valence-corrected chi connectivity index (χ2v) is 11.0. The summed E-state index contributed by atoms with van der Waals surface area (Å²) in [5, 5.41) is 9.18. The molecule has 180 valence electrons. The molecule has 0 bridgehead atoms. The molecule has 2 aliphatic rings. The van der Waals surface area contributed by atoms with Gasteiger partial charge in [0.05, 0.1) is 6.20 Å². The maximum atomic E-state index is 15.0. The van der Waals surface area contributed by atoms with Crippen molar-refractivity contribution in [3.05, 3.63) is 82.7 Å². The molecule has 1 aliphatic carbocycles. The monoisotopic (exact) mass is 486 g/mol. The lowest BCUT2D eigenvalue weighted by Crippen LogP contribution is -2.41. The number of hydrogen-bond acceptors (Lipinski definition) is 4. The third-order valence-electron chi connectivity index (χ3n) is 7.09. The Balaban J connectivity index is 1.39. The largest absolute Gasteiger partial charge is 0.303 e. The van der Waals surface area contributed by atoms with Gasteiger partial charge >= 0.3 is 0 Å². The average Bonchev–Trinajstić information content (AvgIpc) is 3.34. The summed E-state index contributed by atoms with van der Waals surface area (Å²) < 4.78 is 53.3. The topological polar surface area (TPSA) is 81.2 Å². The Hall–Kier alpha value is -2.62. The molecule has 34 heavy (non-hydrogen) atoms. The van der Waals surface area contributed by atoms with E-state index in [2.05, 4.69) is 10.00 Å². The highest BCUT2D eigenvalue weighted by atomic mass is 32.2. The van der Waals surface area contributed by atoms with Gasteiger partial charge in [0.2, 0.25) is 10.0 Å². The van der Waals surface area contributed by atoms with Crippen molar-refractivity contribution in [2.24, 2.45) is 11.1 Å². The molecule has 1 aliphatic heterocycles. The minimum atomic E-state index is -3.82. The van der Waals surface area contributed by atoms with Gasteiger partial charge in [-0.25, -0.2) is 22.3 Å². The van der Waals surface area contributed by atoms with E-state index in [-0.39, 0.29) is 22.4 Å². The van der Waals surface area contributed by atoms with E-state index in [1.54, 1.807) is 18.2 Å². The van der Waals surface area contributed by atoms with Crippen LogP contribution in [0.3, 0.4) is 0 Å². The van der Waals surface area contributed by atoms with Crippen LogP contribution in [-0.2, 0) is 35.8 Å². The van der Waals surface area contributed by atoms with Crippen molar-refractivity contribution in [2.75, 3.05) is 19.6 Å². The van der Waals surface area contributed by atoms with Crippen molar-refractivity contribution < 1.29 is 17.2 Å². The molecule has 0 spiro atoms. The molecule has 0 radical (unpaired) electrons. The summed E-state index contributed by atoms with van der Waals surface area (Å²) in [5.74, 6) is 0.0478. The summed E-state index contributed by atoms with van der Waals surface area (Å²) in [6.45, 7) is 3.50. The standard InChI is InChI=1S/C25H28F2N4O2S/c26-21-4-1-3-17(9-21)10-23-20(15-30-6-2-7-30)11-19-13-25(27)18(12-24(19)23)5-8-31-16-22(14-29-31)34(28,32)33/h1,3-4,9,12-14,16,20,23H,2,5-8,10-11,15H2,(H2,28,32,33). The highest BCUT2D eigenvalue weighted by molar-refractivity contribution is 7.89. The Bertz CT molecular complexity index is 1300. The van der Waals surface area contributed by atoms with Gasteiger partial charge in [0.1, 0.15) is 16.5 Å². The Morgan fingerprint density at radius 2 is 1.97 bits per heavy atom. The lowest BCUT2D eigenvalue weighted by atomic mass is 9.85. The van der Waals surface area contributed by atoms with E-state index >= 15 is 4.39 Å². The van der Waals surface area contributed by atoms with Crippen molar-refractivity contribution in [1.29, 1.82) is 0 Å². The fourth-order valence-corrected chi connectivity index (χ4v) is 5.66. The molecule has 1 fully saturated rings. The lowest BCUT2D eigenvalue weighted by molar-refractivity contribution is 0.145. The van der Waals surface area contributed by atoms with Gasteiger partial charge < -0.3 is 4.90 Å². The lowest BCUT2D eigenvalue weighted by Gasteiger charge is -2.35. The number of benzene rings is 2. The van der Waals surface area contributed by atoms with Crippen molar-refractivity contribution in [1.82, 2.24) is 14.7 Å². The van der Waals surface area contributed by atoms with Gasteiger partial charge in [0.25, 0.3) is 0 Å². The normalized spacial score (nSPS) is 20.3. The number of fused-ring (bicyclic) bond motifs is 1. The van der Waals surface area contributed by atoms with Crippen molar-refractivity contribution in [3.63, 3.8) is 0 Å². The van der Waals surface area contributed by atoms with E-state index in [0.29, 0.717) is 30.9 Å². The van der Waals surface area contributed by atoms with Crippen LogP contribution in [0, 0.1) is 17.6 Å². The summed E-state index contributed by atoms with van der Waals surface area (Å²) >= 11 is 0. The number of nitrogens with zero attached hydrogens (tertiary/aromatic N) is 3. The van der Waals surface area contributed by atoms with Gasteiger partial charge in [-0.1, -0.05) is 18.2 Å². The van der Waals surface area contributed by atoms with Crippen LogP contribution in [0.5, 0.6) is 0 Å². The Labute approximate surface area is 198 Å². The van der Waals surface area contributed by atoms with Crippen LogP contribution in [-0.4, -0.2) is 42.7 Å². The zero-order chi connectivity index (χ0) is 23.9. The molecule has 9 heteroatoms. The van der Waals surface area contributed by atoms with E-state index < -0.39 is 10.0 Å². The molecule has 2 heterocycles. The number of nitrogens with two attached hydrogens (primary N) is 1. The number of aromatic nitrogens is 2. The smallest absolute Gasteiger partial charge is 0.241 e. The van der Waals surface area contributed by atoms with E-state index in [9.17, 15) is 12.8 Å². The van der Waals surface area contributed by atoms with Crippen molar-refractivity contribution in [2.45, 2.75) is 43.0 Å². The Kier molecular flexibility index (Phi) is 6.26. The summed E-state index contributed by atoms with van der Waals surface area (Å²) in [6.07, 6.45) is 5.67. The molecule has 6 nitrogen and oxygen atoms in total. The molecule has 2 atom stereocenters. The number of rotatable bonds is 8. The van der Waals surface area contributed by atoms with Gasteiger partial charge in [-0.05, 0) is 91.1 Å². The number of halogens is 2. The Morgan fingerprint density at radius 1 is 1.15 bits per heavy atom. The van der Waals surface area contributed by atoms with Gasteiger partial charge in [-0.15, -0.1) is 0 Å². The molecular weight excluding hydrogens is 458 g/mol. The Morgan fingerprint density at radius 3 is 2.65 bits per heavy atom. The van der Waals surface area contributed by atoms with Gasteiger partial charge in [-0.2, -0.15) is 5.10 Å². The van der Waals surface area contributed by atoms with Gasteiger partial charge in [0.15, 0.2) is 0 Å². The number of sulfonamides is 1. The first-order chi connectivity index (χ1) is 16.3. The van der Waals surface area contributed by atoms with E-state index in [1.807, 2.05) is 12.1 Å². The van der Waals surface area contributed by atoms with E-state index in [0.717, 1.165) is 42.7 Å². The second-order valence-electron chi connectivity index (χ2n) is 9.44. The zero-order valence-corrected chi connectivity index (χ0v) is 19.6. The molecule has 1 aromatic heterocycles. The number of aryl methyl sites for hydroxylation is 2. The third kappa shape index (κ3) is 4.92. The highest BCUT2D eigenvalue weighted by Gasteiger charge is 2.35. The van der Waals surface area contributed by atoms with E-state index in [1.165, 1.54) is 29.6 Å². The van der Waals surface area contributed by atoms with Gasteiger partial charge in [0, 0.05) is 19.3 Å². The maximum absolute atomic E-state index is 15.0. The van der Waals surface area contributed by atoms with Crippen molar-refractivity contribution >= 4 is 10.0 Å². The predicted molar refractivity (Wildman–Crippen MR) is 125 cm³/mol. The molecule has 1 saturated heterocycles. The summed E-state index contributed by atoms with van der Waals surface area (Å²) in [6, 6.07) is 10.3. The summed E-state index contributed by atoms with van der Waals surface area (Å²) in [7, 11) is -3.82. The number of likely N-dealkylation sites (tertiary alicyclic amines) is 1. The van der Waals surface area contributed by atoms with Crippen LogP contribution in [0.25, 0.3) is 0 Å². The van der Waals surface area contributed by atoms with Crippen LogP contribution < -0.4 is 5.14 Å². The number of hydrogen-bond donors (Lipinski definition) is 1. The van der Waals surface area contributed by atoms with Crippen LogP contribution >= 0.6 is 0 Å². The first kappa shape index (κ1) is 23.1. The van der Waals surface area contributed by atoms with Crippen LogP contribution in [0.4, 0.5) is 8.78 Å². The summed E-state index contributed by atoms with van der Waals surface area (Å²) in [5.41, 5.74) is 3.69. The van der Waals surface area contributed by atoms with E-state index in [4.69, 9.17) is 5.14 Å². The fourth-order valence-electron chi connectivity index (χ4n) is 5.20. The average molecular weight is 487 g/mol. The minimum absolute atomic E-state index is 0.0640. The predicted octanol–water partition coefficient (Wildman–Crippen LogP) is 3.26. The molecular formula is C25H28F2N4O2S. The van der Waals surface area contributed by atoms with Crippen LogP contribution in [0.15, 0.2) is 53.7 Å². The molecule has 3 aromatic rings. The molecule has 0 amide bonds. The fraction of sp³-hybridized carbons (Fsp3) is 0.400. The highest BCUT2D eigenvalue weighted by Crippen LogP contribution is 2.42. The molecule has 0 saturated carbocycles. The molecule has 2 unspecified atom stereocenters. The minimum Gasteiger partial charge on any atom is -0.303 e. The van der Waals surface area contributed by atoms with Gasteiger partial charge in [-0.3, -0.25) is 4.68 Å². The maximum Gasteiger partial charge on any atom is 0.241 e. The molecule has 5 rings (SSSR count). The van der Waals surface area contributed by atoms with Crippen LogP contribution in [0.1, 0.15) is 34.6 Å². The molecule has 2 N–H and O–H groups in total.